The van der Waals surface area contributed by atoms with E-state index in [1.165, 1.54) is 0 Å². The largest absolute Gasteiger partial charge is 0.493 e. The highest BCUT2D eigenvalue weighted by Crippen LogP contribution is 2.14. The van der Waals surface area contributed by atoms with Gasteiger partial charge in [-0.1, -0.05) is 12.1 Å². The maximum absolute atomic E-state index is 11.0. The zero-order valence-electron chi connectivity index (χ0n) is 11.2. The van der Waals surface area contributed by atoms with E-state index < -0.39 is 18.0 Å². The van der Waals surface area contributed by atoms with Crippen molar-refractivity contribution in [2.75, 3.05) is 13.2 Å². The number of carboxylic acids is 2. The average Bonchev–Trinajstić information content (AvgIpc) is 2.39. The molecule has 0 radical (unpaired) electrons. The monoisotopic (exact) mass is 282 g/mol. The van der Waals surface area contributed by atoms with Crippen molar-refractivity contribution in [3.63, 3.8) is 0 Å². The van der Waals surface area contributed by atoms with Crippen LogP contribution < -0.4 is 4.74 Å². The highest BCUT2D eigenvalue weighted by molar-refractivity contribution is 5.72. The van der Waals surface area contributed by atoms with Crippen LogP contribution in [0.25, 0.3) is 0 Å². The van der Waals surface area contributed by atoms with Gasteiger partial charge in [0.2, 0.25) is 0 Å². The van der Waals surface area contributed by atoms with Gasteiger partial charge in [0, 0.05) is 13.0 Å². The first kappa shape index (κ1) is 16.0. The lowest BCUT2D eigenvalue weighted by Gasteiger charge is -2.12. The third kappa shape index (κ3) is 5.71. The Labute approximate surface area is 116 Å². The Kier molecular flexibility index (Phi) is 6.52. The molecule has 2 N–H and O–H groups in total. The number of ether oxygens (including phenoxy) is 2. The van der Waals surface area contributed by atoms with Gasteiger partial charge in [-0.3, -0.25) is 4.79 Å². The van der Waals surface area contributed by atoms with Gasteiger partial charge in [0.1, 0.15) is 5.75 Å². The number of carbonyl (C=O) groups is 2. The van der Waals surface area contributed by atoms with Gasteiger partial charge in [-0.25, -0.2) is 4.79 Å². The van der Waals surface area contributed by atoms with E-state index in [2.05, 4.69) is 0 Å². The van der Waals surface area contributed by atoms with Gasteiger partial charge in [-0.05, 0) is 24.6 Å². The molecule has 0 heterocycles. The molecule has 1 atom stereocenters. The molecule has 0 fully saturated rings. The van der Waals surface area contributed by atoms with Crippen molar-refractivity contribution >= 4 is 11.9 Å². The first-order valence-corrected chi connectivity index (χ1v) is 6.31. The molecule has 0 aliphatic carbocycles. The van der Waals surface area contributed by atoms with Crippen LogP contribution in [0.2, 0.25) is 0 Å². The number of aliphatic carboxylic acids is 2. The number of benzene rings is 1. The smallest absolute Gasteiger partial charge is 0.333 e. The minimum atomic E-state index is -0.992. The van der Waals surface area contributed by atoms with E-state index in [1.54, 1.807) is 31.2 Å². The quantitative estimate of drug-likeness (QED) is 0.714. The average molecular weight is 282 g/mol. The molecule has 0 amide bonds. The Bertz CT molecular complexity index is 439. The van der Waals surface area contributed by atoms with E-state index in [-0.39, 0.29) is 19.4 Å². The molecule has 1 aromatic carbocycles. The van der Waals surface area contributed by atoms with E-state index in [0.717, 1.165) is 5.56 Å². The Hall–Kier alpha value is -2.08. The van der Waals surface area contributed by atoms with E-state index in [9.17, 15) is 9.59 Å². The molecule has 0 bridgehead atoms. The molecule has 0 saturated heterocycles. The Morgan fingerprint density at radius 2 is 1.85 bits per heavy atom. The standard InChI is InChI=1S/C14H18O6/c1-2-19-12(14(17)18)9-10-3-5-11(6-4-10)20-8-7-13(15)16/h3-6,12H,2,7-9H2,1H3,(H,15,16)(H,17,18)/t12-/m0/s1. The van der Waals surface area contributed by atoms with Gasteiger partial charge in [0.05, 0.1) is 13.0 Å². The second kappa shape index (κ2) is 8.16. The van der Waals surface area contributed by atoms with Gasteiger partial charge in [0.15, 0.2) is 6.10 Å². The summed E-state index contributed by atoms with van der Waals surface area (Å²) >= 11 is 0. The summed E-state index contributed by atoms with van der Waals surface area (Å²) in [6, 6.07) is 6.85. The molecule has 0 aliphatic rings. The first-order chi connectivity index (χ1) is 9.52. The molecule has 6 nitrogen and oxygen atoms in total. The highest BCUT2D eigenvalue weighted by Gasteiger charge is 2.17. The van der Waals surface area contributed by atoms with Crippen molar-refractivity contribution in [1.82, 2.24) is 0 Å². The fourth-order valence-electron chi connectivity index (χ4n) is 1.61. The summed E-state index contributed by atoms with van der Waals surface area (Å²) in [5, 5.41) is 17.5. The van der Waals surface area contributed by atoms with Gasteiger partial charge in [-0.2, -0.15) is 0 Å². The number of carboxylic acid groups (broad SMARTS) is 2. The van der Waals surface area contributed by atoms with Crippen LogP contribution in [0.15, 0.2) is 24.3 Å². The maximum Gasteiger partial charge on any atom is 0.333 e. The minimum Gasteiger partial charge on any atom is -0.493 e. The van der Waals surface area contributed by atoms with Gasteiger partial charge >= 0.3 is 11.9 Å². The summed E-state index contributed by atoms with van der Waals surface area (Å²) in [6.45, 7) is 2.19. The van der Waals surface area contributed by atoms with Crippen molar-refractivity contribution in [2.45, 2.75) is 25.9 Å². The van der Waals surface area contributed by atoms with Crippen LogP contribution in [0.1, 0.15) is 18.9 Å². The SMILES string of the molecule is CCO[C@@H](Cc1ccc(OCCC(=O)O)cc1)C(=O)O. The highest BCUT2D eigenvalue weighted by atomic mass is 16.5. The normalized spacial score (nSPS) is 11.8. The molecule has 0 aliphatic heterocycles. The second-order valence-electron chi connectivity index (χ2n) is 4.12. The summed E-state index contributed by atoms with van der Waals surface area (Å²) in [5.74, 6) is -1.35. The van der Waals surface area contributed by atoms with Gasteiger partial charge < -0.3 is 19.7 Å². The van der Waals surface area contributed by atoms with Crippen molar-refractivity contribution in [1.29, 1.82) is 0 Å². The van der Waals surface area contributed by atoms with E-state index in [4.69, 9.17) is 19.7 Å². The minimum absolute atomic E-state index is 0.0623. The number of rotatable bonds is 9. The molecule has 1 rings (SSSR count). The van der Waals surface area contributed by atoms with Crippen LogP contribution in [-0.4, -0.2) is 41.5 Å². The van der Waals surface area contributed by atoms with Crippen LogP contribution in [0.3, 0.4) is 0 Å². The van der Waals surface area contributed by atoms with E-state index in [1.807, 2.05) is 0 Å². The predicted molar refractivity (Wildman–Crippen MR) is 70.9 cm³/mol. The van der Waals surface area contributed by atoms with Crippen LogP contribution in [-0.2, 0) is 20.7 Å². The van der Waals surface area contributed by atoms with E-state index >= 15 is 0 Å². The lowest BCUT2D eigenvalue weighted by molar-refractivity contribution is -0.150. The summed E-state index contributed by atoms with van der Waals surface area (Å²) in [7, 11) is 0. The lowest BCUT2D eigenvalue weighted by Crippen LogP contribution is -2.26. The molecular formula is C14H18O6. The second-order valence-corrected chi connectivity index (χ2v) is 4.12. The third-order valence-electron chi connectivity index (χ3n) is 2.57. The molecule has 0 spiro atoms. The summed E-state index contributed by atoms with van der Waals surface area (Å²) in [4.78, 5) is 21.3. The molecule has 0 aromatic heterocycles. The fraction of sp³-hybridized carbons (Fsp3) is 0.429. The number of hydrogen-bond donors (Lipinski definition) is 2. The van der Waals surface area contributed by atoms with Gasteiger partial charge in [-0.15, -0.1) is 0 Å². The molecule has 110 valence electrons. The predicted octanol–water partition coefficient (Wildman–Crippen LogP) is 1.57. The van der Waals surface area contributed by atoms with Crippen LogP contribution >= 0.6 is 0 Å². The topological polar surface area (TPSA) is 93.1 Å². The van der Waals surface area contributed by atoms with Crippen molar-refractivity contribution in [3.05, 3.63) is 29.8 Å². The Morgan fingerprint density at radius 3 is 2.35 bits per heavy atom. The molecule has 20 heavy (non-hydrogen) atoms. The van der Waals surface area contributed by atoms with Crippen molar-refractivity contribution in [3.8, 4) is 5.75 Å². The Balaban J connectivity index is 2.52. The summed E-state index contributed by atoms with van der Waals surface area (Å²) in [5.41, 5.74) is 0.816. The van der Waals surface area contributed by atoms with Crippen LogP contribution in [0, 0.1) is 0 Å². The molecule has 1 aromatic rings. The zero-order valence-corrected chi connectivity index (χ0v) is 11.2. The molecule has 0 saturated carbocycles. The fourth-order valence-corrected chi connectivity index (χ4v) is 1.61. The zero-order chi connectivity index (χ0) is 15.0. The van der Waals surface area contributed by atoms with Gasteiger partial charge in [0.25, 0.3) is 0 Å². The lowest BCUT2D eigenvalue weighted by atomic mass is 10.1. The van der Waals surface area contributed by atoms with Crippen molar-refractivity contribution in [2.24, 2.45) is 0 Å². The Morgan fingerprint density at radius 1 is 1.20 bits per heavy atom. The van der Waals surface area contributed by atoms with Crippen LogP contribution in [0.5, 0.6) is 5.75 Å². The van der Waals surface area contributed by atoms with E-state index in [0.29, 0.717) is 12.4 Å². The summed E-state index contributed by atoms with van der Waals surface area (Å²) < 4.78 is 10.4. The summed E-state index contributed by atoms with van der Waals surface area (Å²) in [6.07, 6.45) is -0.648. The molecular weight excluding hydrogens is 264 g/mol. The third-order valence-corrected chi connectivity index (χ3v) is 2.57. The number of hydrogen-bond acceptors (Lipinski definition) is 4. The van der Waals surface area contributed by atoms with Crippen LogP contribution in [0.4, 0.5) is 0 Å². The maximum atomic E-state index is 11.0. The molecule has 0 unspecified atom stereocenters. The van der Waals surface area contributed by atoms with Crippen molar-refractivity contribution < 1.29 is 29.3 Å². The molecule has 6 heteroatoms. The first-order valence-electron chi connectivity index (χ1n) is 6.31.